The lowest BCUT2D eigenvalue weighted by Gasteiger charge is -2.18. The van der Waals surface area contributed by atoms with Gasteiger partial charge in [-0.3, -0.25) is 9.59 Å². The van der Waals surface area contributed by atoms with Crippen LogP contribution in [-0.4, -0.2) is 33.2 Å². The van der Waals surface area contributed by atoms with Crippen LogP contribution in [-0.2, 0) is 11.2 Å². The Hall–Kier alpha value is -3.22. The van der Waals surface area contributed by atoms with E-state index in [0.717, 1.165) is 5.56 Å². The third-order valence-corrected chi connectivity index (χ3v) is 4.14. The van der Waals surface area contributed by atoms with Crippen LogP contribution in [0.15, 0.2) is 47.1 Å². The number of aliphatic carboxylic acids is 1. The van der Waals surface area contributed by atoms with Gasteiger partial charge in [0.1, 0.15) is 0 Å². The molecule has 2 heterocycles. The molecule has 26 heavy (non-hydrogen) atoms. The number of rotatable bonds is 7. The van der Waals surface area contributed by atoms with Crippen LogP contribution in [0.3, 0.4) is 0 Å². The third-order valence-electron chi connectivity index (χ3n) is 4.14. The van der Waals surface area contributed by atoms with E-state index in [2.05, 4.69) is 15.5 Å². The summed E-state index contributed by atoms with van der Waals surface area (Å²) in [6.07, 6.45) is 2.32. The van der Waals surface area contributed by atoms with Gasteiger partial charge in [-0.15, -0.1) is 0 Å². The molecule has 0 bridgehead atoms. The molecule has 3 aromatic rings. The van der Waals surface area contributed by atoms with E-state index in [1.165, 1.54) is 6.20 Å². The first-order valence-corrected chi connectivity index (χ1v) is 8.31. The maximum absolute atomic E-state index is 12.6. The molecule has 2 aromatic heterocycles. The third kappa shape index (κ3) is 4.24. The number of benzene rings is 1. The fraction of sp³-hybridized carbons (Fsp3) is 0.263. The van der Waals surface area contributed by atoms with E-state index in [0.29, 0.717) is 35.2 Å². The van der Waals surface area contributed by atoms with Gasteiger partial charge in [0.2, 0.25) is 0 Å². The number of fused-ring (bicyclic) bond motifs is 1. The Labute approximate surface area is 150 Å². The molecule has 134 valence electrons. The second-order valence-corrected chi connectivity index (χ2v) is 6.14. The van der Waals surface area contributed by atoms with E-state index in [-0.39, 0.29) is 18.4 Å². The Morgan fingerprint density at radius 3 is 2.77 bits per heavy atom. The quantitative estimate of drug-likeness (QED) is 0.676. The Kier molecular flexibility index (Phi) is 5.26. The maximum Gasteiger partial charge on any atom is 0.303 e. The van der Waals surface area contributed by atoms with Gasteiger partial charge in [0, 0.05) is 18.7 Å². The number of pyridine rings is 1. The highest BCUT2D eigenvalue weighted by molar-refractivity contribution is 5.97. The predicted molar refractivity (Wildman–Crippen MR) is 94.8 cm³/mol. The molecule has 0 aliphatic rings. The lowest BCUT2D eigenvalue weighted by molar-refractivity contribution is -0.137. The molecule has 0 radical (unpaired) electrons. The van der Waals surface area contributed by atoms with Crippen molar-refractivity contribution in [1.29, 1.82) is 0 Å². The summed E-state index contributed by atoms with van der Waals surface area (Å²) >= 11 is 0. The molecular weight excluding hydrogens is 334 g/mol. The first-order chi connectivity index (χ1) is 12.5. The van der Waals surface area contributed by atoms with Crippen LogP contribution in [0.2, 0.25) is 0 Å². The number of aryl methyl sites for hydroxylation is 1. The molecule has 1 unspecified atom stereocenters. The molecule has 0 saturated carbocycles. The van der Waals surface area contributed by atoms with Crippen LogP contribution < -0.4 is 5.32 Å². The molecule has 0 fully saturated rings. The normalized spacial score (nSPS) is 12.0. The zero-order valence-corrected chi connectivity index (χ0v) is 14.3. The summed E-state index contributed by atoms with van der Waals surface area (Å²) in [6.45, 7) is 1.78. The van der Waals surface area contributed by atoms with Crippen LogP contribution in [0.5, 0.6) is 0 Å². The first-order valence-electron chi connectivity index (χ1n) is 8.31. The lowest BCUT2D eigenvalue weighted by Crippen LogP contribution is -2.37. The summed E-state index contributed by atoms with van der Waals surface area (Å²) < 4.78 is 5.05. The maximum atomic E-state index is 12.6. The summed E-state index contributed by atoms with van der Waals surface area (Å²) in [7, 11) is 0. The lowest BCUT2D eigenvalue weighted by atomic mass is 10.0. The van der Waals surface area contributed by atoms with Crippen molar-refractivity contribution in [2.75, 3.05) is 0 Å². The molecule has 1 amide bonds. The summed E-state index contributed by atoms with van der Waals surface area (Å²) in [4.78, 5) is 27.6. The smallest absolute Gasteiger partial charge is 0.303 e. The highest BCUT2D eigenvalue weighted by Gasteiger charge is 2.17. The van der Waals surface area contributed by atoms with Gasteiger partial charge < -0.3 is 14.9 Å². The Morgan fingerprint density at radius 1 is 1.27 bits per heavy atom. The number of hydrogen-bond donors (Lipinski definition) is 2. The fourth-order valence-corrected chi connectivity index (χ4v) is 2.76. The summed E-state index contributed by atoms with van der Waals surface area (Å²) in [6, 6.07) is 11.0. The van der Waals surface area contributed by atoms with Crippen molar-refractivity contribution >= 4 is 23.0 Å². The van der Waals surface area contributed by atoms with Crippen molar-refractivity contribution < 1.29 is 19.2 Å². The van der Waals surface area contributed by atoms with E-state index in [1.807, 2.05) is 30.3 Å². The van der Waals surface area contributed by atoms with Gasteiger partial charge >= 0.3 is 5.97 Å². The minimum absolute atomic E-state index is 0.0141. The minimum atomic E-state index is -0.888. The van der Waals surface area contributed by atoms with Crippen LogP contribution >= 0.6 is 0 Å². The minimum Gasteiger partial charge on any atom is -0.481 e. The van der Waals surface area contributed by atoms with Crippen molar-refractivity contribution in [2.45, 2.75) is 32.2 Å². The monoisotopic (exact) mass is 353 g/mol. The van der Waals surface area contributed by atoms with Gasteiger partial charge in [-0.2, -0.15) is 0 Å². The molecule has 2 N–H and O–H groups in total. The van der Waals surface area contributed by atoms with Gasteiger partial charge in [-0.05, 0) is 31.4 Å². The van der Waals surface area contributed by atoms with Crippen LogP contribution in [0.1, 0.15) is 34.5 Å². The zero-order chi connectivity index (χ0) is 18.5. The SMILES string of the molecule is Cc1noc2ncc(C(=O)NC(CCC(=O)O)Cc3ccccc3)cc12. The molecule has 0 aliphatic heterocycles. The summed E-state index contributed by atoms with van der Waals surface area (Å²) in [5.74, 6) is -1.19. The number of nitrogens with zero attached hydrogens (tertiary/aromatic N) is 2. The van der Waals surface area contributed by atoms with Crippen LogP contribution in [0.4, 0.5) is 0 Å². The zero-order valence-electron chi connectivity index (χ0n) is 14.3. The summed E-state index contributed by atoms with van der Waals surface area (Å²) in [5, 5.41) is 16.4. The van der Waals surface area contributed by atoms with Gasteiger partial charge in [0.15, 0.2) is 0 Å². The average Bonchev–Trinajstić information content (AvgIpc) is 3.01. The van der Waals surface area contributed by atoms with Gasteiger partial charge in [-0.25, -0.2) is 4.98 Å². The first kappa shape index (κ1) is 17.6. The van der Waals surface area contributed by atoms with E-state index < -0.39 is 5.97 Å². The average molecular weight is 353 g/mol. The van der Waals surface area contributed by atoms with E-state index in [1.54, 1.807) is 13.0 Å². The van der Waals surface area contributed by atoms with E-state index >= 15 is 0 Å². The van der Waals surface area contributed by atoms with Crippen LogP contribution in [0.25, 0.3) is 11.1 Å². The number of amides is 1. The highest BCUT2D eigenvalue weighted by atomic mass is 16.5. The molecule has 7 heteroatoms. The topological polar surface area (TPSA) is 105 Å². The summed E-state index contributed by atoms with van der Waals surface area (Å²) in [5.41, 5.74) is 2.46. The van der Waals surface area contributed by atoms with Crippen molar-refractivity contribution in [3.63, 3.8) is 0 Å². The second-order valence-electron chi connectivity index (χ2n) is 6.14. The Morgan fingerprint density at radius 2 is 2.04 bits per heavy atom. The number of carbonyl (C=O) groups excluding carboxylic acids is 1. The molecule has 7 nitrogen and oxygen atoms in total. The highest BCUT2D eigenvalue weighted by Crippen LogP contribution is 2.17. The molecule has 1 aromatic carbocycles. The van der Waals surface area contributed by atoms with Gasteiger partial charge in [0.25, 0.3) is 11.6 Å². The number of aromatic nitrogens is 2. The molecule has 1 atom stereocenters. The molecule has 0 aliphatic carbocycles. The van der Waals surface area contributed by atoms with Crippen LogP contribution in [0, 0.1) is 6.92 Å². The van der Waals surface area contributed by atoms with Crippen molar-refractivity contribution in [3.05, 3.63) is 59.4 Å². The largest absolute Gasteiger partial charge is 0.481 e. The van der Waals surface area contributed by atoms with Crippen molar-refractivity contribution in [1.82, 2.24) is 15.5 Å². The number of hydrogen-bond acceptors (Lipinski definition) is 5. The van der Waals surface area contributed by atoms with Crippen molar-refractivity contribution in [3.8, 4) is 0 Å². The number of carbonyl (C=O) groups is 2. The molecular formula is C19H19N3O4. The van der Waals surface area contributed by atoms with Gasteiger partial charge in [0.05, 0.1) is 16.6 Å². The van der Waals surface area contributed by atoms with E-state index in [9.17, 15) is 9.59 Å². The molecule has 0 spiro atoms. The Balaban J connectivity index is 1.76. The van der Waals surface area contributed by atoms with Crippen molar-refractivity contribution in [2.24, 2.45) is 0 Å². The molecule has 0 saturated heterocycles. The second kappa shape index (κ2) is 7.77. The number of nitrogens with one attached hydrogen (secondary N) is 1. The van der Waals surface area contributed by atoms with Gasteiger partial charge in [-0.1, -0.05) is 35.5 Å². The Bertz CT molecular complexity index is 921. The number of carboxylic acid groups (broad SMARTS) is 1. The predicted octanol–water partition coefficient (Wildman–Crippen LogP) is 2.74. The number of carboxylic acids is 1. The molecule has 3 rings (SSSR count). The standard InChI is InChI=1S/C19H19N3O4/c1-12-16-10-14(11-20-19(16)26-22-12)18(25)21-15(7-8-17(23)24)9-13-5-3-2-4-6-13/h2-6,10-11,15H,7-9H2,1H3,(H,21,25)(H,23,24). The fourth-order valence-electron chi connectivity index (χ4n) is 2.76. The van der Waals surface area contributed by atoms with E-state index in [4.69, 9.17) is 9.63 Å².